The van der Waals surface area contributed by atoms with Gasteiger partial charge in [-0.2, -0.15) is 0 Å². The zero-order chi connectivity index (χ0) is 12.6. The number of hydrogen-bond acceptors (Lipinski definition) is 3. The minimum atomic E-state index is -1.40. The molecule has 0 aliphatic heterocycles. The molecule has 6 heteroatoms. The Morgan fingerprint density at radius 3 is 2.47 bits per heavy atom. The molecule has 1 heterocycles. The molecule has 0 saturated heterocycles. The van der Waals surface area contributed by atoms with Crippen molar-refractivity contribution in [3.8, 4) is 0 Å². The van der Waals surface area contributed by atoms with Crippen molar-refractivity contribution in [2.45, 2.75) is 0 Å². The van der Waals surface area contributed by atoms with Crippen molar-refractivity contribution < 1.29 is 19.8 Å². The monoisotopic (exact) mass is 251 g/mol. The summed E-state index contributed by atoms with van der Waals surface area (Å²) in [5.41, 5.74) is -0.595. The van der Waals surface area contributed by atoms with Crippen molar-refractivity contribution in [1.82, 2.24) is 4.98 Å². The largest absolute Gasteiger partial charge is 0.478 e. The lowest BCUT2D eigenvalue weighted by Gasteiger charge is -2.04. The molecule has 0 radical (unpaired) electrons. The molecule has 0 atom stereocenters. The number of aromatic carboxylic acids is 2. The van der Waals surface area contributed by atoms with Crippen molar-refractivity contribution in [3.63, 3.8) is 0 Å². The number of fused-ring (bicyclic) bond motifs is 1. The second-order valence-corrected chi connectivity index (χ2v) is 3.71. The number of benzene rings is 1. The lowest BCUT2D eigenvalue weighted by molar-refractivity contribution is 0.0647. The van der Waals surface area contributed by atoms with Crippen LogP contribution in [0.2, 0.25) is 5.02 Å². The summed E-state index contributed by atoms with van der Waals surface area (Å²) in [5.74, 6) is -2.74. The number of carbonyl (C=O) groups is 2. The van der Waals surface area contributed by atoms with Crippen LogP contribution in [-0.2, 0) is 0 Å². The van der Waals surface area contributed by atoms with Gasteiger partial charge in [0.2, 0.25) is 0 Å². The average Bonchev–Trinajstić information content (AvgIpc) is 2.27. The van der Waals surface area contributed by atoms with E-state index in [0.717, 1.165) is 0 Å². The maximum atomic E-state index is 10.9. The minimum Gasteiger partial charge on any atom is -0.478 e. The molecular weight excluding hydrogens is 246 g/mol. The van der Waals surface area contributed by atoms with Gasteiger partial charge in [0.1, 0.15) is 0 Å². The minimum absolute atomic E-state index is 0.275. The summed E-state index contributed by atoms with van der Waals surface area (Å²) in [4.78, 5) is 25.6. The van der Waals surface area contributed by atoms with E-state index >= 15 is 0 Å². The number of rotatable bonds is 2. The van der Waals surface area contributed by atoms with Gasteiger partial charge in [-0.25, -0.2) is 14.6 Å². The third-order valence-electron chi connectivity index (χ3n) is 2.23. The molecule has 1 aromatic carbocycles. The van der Waals surface area contributed by atoms with Crippen LogP contribution < -0.4 is 0 Å². The summed E-state index contributed by atoms with van der Waals surface area (Å²) in [5, 5.41) is 18.6. The van der Waals surface area contributed by atoms with E-state index in [0.29, 0.717) is 5.39 Å². The Bertz CT molecular complexity index is 639. The van der Waals surface area contributed by atoms with Crippen molar-refractivity contribution >= 4 is 34.4 Å². The first kappa shape index (κ1) is 11.3. The highest BCUT2D eigenvalue weighted by Crippen LogP contribution is 2.23. The molecule has 2 aromatic rings. The SMILES string of the molecule is O=C(O)c1cc2cccc(Cl)c2nc1C(=O)O. The van der Waals surface area contributed by atoms with Gasteiger partial charge in [-0.3, -0.25) is 0 Å². The van der Waals surface area contributed by atoms with Gasteiger partial charge < -0.3 is 10.2 Å². The fraction of sp³-hybridized carbons (Fsp3) is 0. The Morgan fingerprint density at radius 2 is 1.88 bits per heavy atom. The number of nitrogens with zero attached hydrogens (tertiary/aromatic N) is 1. The van der Waals surface area contributed by atoms with Gasteiger partial charge in [0.25, 0.3) is 0 Å². The number of para-hydroxylation sites is 1. The van der Waals surface area contributed by atoms with E-state index in [-0.39, 0.29) is 16.1 Å². The number of aromatic nitrogens is 1. The van der Waals surface area contributed by atoms with Crippen LogP contribution >= 0.6 is 11.6 Å². The van der Waals surface area contributed by atoms with E-state index < -0.39 is 17.6 Å². The van der Waals surface area contributed by atoms with Gasteiger partial charge in [-0.1, -0.05) is 23.7 Å². The molecule has 0 fully saturated rings. The van der Waals surface area contributed by atoms with Crippen molar-refractivity contribution in [3.05, 3.63) is 40.5 Å². The lowest BCUT2D eigenvalue weighted by atomic mass is 10.1. The average molecular weight is 252 g/mol. The second kappa shape index (κ2) is 4.03. The molecule has 86 valence electrons. The number of pyridine rings is 1. The normalized spacial score (nSPS) is 10.4. The summed E-state index contributed by atoms with van der Waals surface area (Å²) in [6.07, 6.45) is 0. The summed E-state index contributed by atoms with van der Waals surface area (Å²) in [7, 11) is 0. The molecule has 0 aliphatic rings. The van der Waals surface area contributed by atoms with E-state index in [1.165, 1.54) is 6.07 Å². The highest BCUT2D eigenvalue weighted by Gasteiger charge is 2.19. The van der Waals surface area contributed by atoms with Gasteiger partial charge in [-0.05, 0) is 12.1 Å². The molecule has 0 unspecified atom stereocenters. The first-order valence-corrected chi connectivity index (χ1v) is 4.94. The molecule has 0 aliphatic carbocycles. The Morgan fingerprint density at radius 1 is 1.18 bits per heavy atom. The van der Waals surface area contributed by atoms with Gasteiger partial charge in [0.15, 0.2) is 5.69 Å². The van der Waals surface area contributed by atoms with Crippen LogP contribution in [0.1, 0.15) is 20.8 Å². The quantitative estimate of drug-likeness (QED) is 0.855. The van der Waals surface area contributed by atoms with E-state index in [2.05, 4.69) is 4.98 Å². The molecule has 0 bridgehead atoms. The topological polar surface area (TPSA) is 87.5 Å². The standard InChI is InChI=1S/C11H6ClNO4/c12-7-3-1-2-5-4-6(10(14)15)9(11(16)17)13-8(5)7/h1-4H,(H,14,15)(H,16,17). The predicted octanol–water partition coefficient (Wildman–Crippen LogP) is 2.28. The lowest BCUT2D eigenvalue weighted by Crippen LogP contribution is -2.10. The fourth-order valence-electron chi connectivity index (χ4n) is 1.49. The highest BCUT2D eigenvalue weighted by atomic mass is 35.5. The number of halogens is 1. The summed E-state index contributed by atoms with van der Waals surface area (Å²) < 4.78 is 0. The van der Waals surface area contributed by atoms with Crippen LogP contribution in [0, 0.1) is 0 Å². The fourth-order valence-corrected chi connectivity index (χ4v) is 1.71. The number of hydrogen-bond donors (Lipinski definition) is 2. The Kier molecular flexibility index (Phi) is 2.69. The van der Waals surface area contributed by atoms with Crippen molar-refractivity contribution in [1.29, 1.82) is 0 Å². The summed E-state index contributed by atoms with van der Waals surface area (Å²) >= 11 is 5.86. The Hall–Kier alpha value is -2.14. The molecular formula is C11H6ClNO4. The van der Waals surface area contributed by atoms with Crippen LogP contribution in [-0.4, -0.2) is 27.1 Å². The Balaban J connectivity index is 2.87. The second-order valence-electron chi connectivity index (χ2n) is 3.31. The maximum absolute atomic E-state index is 10.9. The molecule has 1 aromatic heterocycles. The van der Waals surface area contributed by atoms with E-state index in [1.807, 2.05) is 0 Å². The van der Waals surface area contributed by atoms with Gasteiger partial charge >= 0.3 is 11.9 Å². The molecule has 0 spiro atoms. The van der Waals surface area contributed by atoms with Crippen LogP contribution in [0.15, 0.2) is 24.3 Å². The third kappa shape index (κ3) is 1.92. The highest BCUT2D eigenvalue weighted by molar-refractivity contribution is 6.35. The third-order valence-corrected chi connectivity index (χ3v) is 2.53. The van der Waals surface area contributed by atoms with Crippen molar-refractivity contribution in [2.75, 3.05) is 0 Å². The van der Waals surface area contributed by atoms with Crippen molar-refractivity contribution in [2.24, 2.45) is 0 Å². The number of carboxylic acid groups (broad SMARTS) is 2. The van der Waals surface area contributed by atoms with E-state index in [4.69, 9.17) is 21.8 Å². The summed E-state index contributed by atoms with van der Waals surface area (Å²) in [6.45, 7) is 0. The van der Waals surface area contributed by atoms with Gasteiger partial charge in [0.05, 0.1) is 16.1 Å². The first-order chi connectivity index (χ1) is 8.00. The van der Waals surface area contributed by atoms with E-state index in [1.54, 1.807) is 18.2 Å². The smallest absolute Gasteiger partial charge is 0.355 e. The van der Waals surface area contributed by atoms with Crippen LogP contribution in [0.5, 0.6) is 0 Å². The molecule has 0 amide bonds. The van der Waals surface area contributed by atoms with Crippen LogP contribution in [0.3, 0.4) is 0 Å². The zero-order valence-corrected chi connectivity index (χ0v) is 9.10. The Labute approximate surface area is 100 Å². The molecule has 2 N–H and O–H groups in total. The van der Waals surface area contributed by atoms with Crippen LogP contribution in [0.4, 0.5) is 0 Å². The first-order valence-electron chi connectivity index (χ1n) is 4.56. The zero-order valence-electron chi connectivity index (χ0n) is 8.35. The van der Waals surface area contributed by atoms with Gasteiger partial charge in [0, 0.05) is 5.39 Å². The number of carboxylic acids is 2. The molecule has 5 nitrogen and oxygen atoms in total. The van der Waals surface area contributed by atoms with Crippen LogP contribution in [0.25, 0.3) is 10.9 Å². The molecule has 2 rings (SSSR count). The molecule has 17 heavy (non-hydrogen) atoms. The van der Waals surface area contributed by atoms with Gasteiger partial charge in [-0.15, -0.1) is 0 Å². The van der Waals surface area contributed by atoms with E-state index in [9.17, 15) is 9.59 Å². The predicted molar refractivity (Wildman–Crippen MR) is 60.7 cm³/mol. The summed E-state index contributed by atoms with van der Waals surface area (Å²) in [6, 6.07) is 6.06. The molecule has 0 saturated carbocycles. The maximum Gasteiger partial charge on any atom is 0.355 e.